The summed E-state index contributed by atoms with van der Waals surface area (Å²) in [5, 5.41) is 0. The maximum absolute atomic E-state index is 5.66. The molecule has 0 amide bonds. The van der Waals surface area contributed by atoms with E-state index >= 15 is 0 Å². The maximum Gasteiger partial charge on any atom is 0.198 e. The Morgan fingerprint density at radius 2 is 2.42 bits per heavy atom. The second-order valence-corrected chi connectivity index (χ2v) is 3.07. The summed E-state index contributed by atoms with van der Waals surface area (Å²) in [5.74, 6) is 0.494. The van der Waals surface area contributed by atoms with Gasteiger partial charge in [0.15, 0.2) is 4.77 Å². The molecule has 1 aromatic rings. The van der Waals surface area contributed by atoms with Crippen molar-refractivity contribution in [3.05, 3.63) is 16.0 Å². The Hall–Kier alpha value is -0.940. The van der Waals surface area contributed by atoms with Gasteiger partial charge in [-0.05, 0) is 12.2 Å². The van der Waals surface area contributed by atoms with Crippen LogP contribution < -0.4 is 5.73 Å². The average molecular weight is 183 g/mol. The van der Waals surface area contributed by atoms with Crippen LogP contribution in [0, 0.1) is 4.77 Å². The van der Waals surface area contributed by atoms with Gasteiger partial charge in [0.05, 0.1) is 13.2 Å². The molecule has 3 N–H and O–H groups in total. The Bertz CT molecular complexity index is 360. The van der Waals surface area contributed by atoms with Crippen LogP contribution in [0.3, 0.4) is 0 Å². The number of rotatable bonds is 0. The summed E-state index contributed by atoms with van der Waals surface area (Å²) in [6.45, 7) is 1.27. The molecule has 5 heteroatoms. The van der Waals surface area contributed by atoms with Crippen molar-refractivity contribution in [3.8, 4) is 0 Å². The van der Waals surface area contributed by atoms with Crippen molar-refractivity contribution < 1.29 is 4.74 Å². The highest BCUT2D eigenvalue weighted by atomic mass is 32.1. The first-order valence-electron chi connectivity index (χ1n) is 3.72. The molecule has 0 saturated carbocycles. The molecular formula is C7H9N3OS. The highest BCUT2D eigenvalue weighted by Crippen LogP contribution is 2.18. The van der Waals surface area contributed by atoms with E-state index in [1.54, 1.807) is 0 Å². The minimum absolute atomic E-state index is 0.452. The lowest BCUT2D eigenvalue weighted by atomic mass is 10.1. The van der Waals surface area contributed by atoms with Crippen molar-refractivity contribution in [3.63, 3.8) is 0 Å². The van der Waals surface area contributed by atoms with Gasteiger partial charge in [0.25, 0.3) is 0 Å². The van der Waals surface area contributed by atoms with Gasteiger partial charge in [-0.15, -0.1) is 0 Å². The fourth-order valence-electron chi connectivity index (χ4n) is 1.29. The highest BCUT2D eigenvalue weighted by molar-refractivity contribution is 7.71. The Balaban J connectivity index is 2.60. The van der Waals surface area contributed by atoms with Crippen molar-refractivity contribution in [1.29, 1.82) is 0 Å². The van der Waals surface area contributed by atoms with Gasteiger partial charge < -0.3 is 15.5 Å². The van der Waals surface area contributed by atoms with Crippen LogP contribution in [0.25, 0.3) is 0 Å². The van der Waals surface area contributed by atoms with E-state index in [0.717, 1.165) is 24.3 Å². The van der Waals surface area contributed by atoms with Gasteiger partial charge in [0.1, 0.15) is 5.82 Å². The van der Waals surface area contributed by atoms with Crippen molar-refractivity contribution >= 4 is 18.0 Å². The Morgan fingerprint density at radius 1 is 1.58 bits per heavy atom. The molecule has 1 aliphatic heterocycles. The quantitative estimate of drug-likeness (QED) is 0.584. The molecule has 0 atom stereocenters. The van der Waals surface area contributed by atoms with Gasteiger partial charge >= 0.3 is 0 Å². The van der Waals surface area contributed by atoms with Crippen molar-refractivity contribution in [2.24, 2.45) is 0 Å². The SMILES string of the molecule is Nc1nc(=S)[nH]c2c1COCC2. The molecule has 2 heterocycles. The third-order valence-electron chi connectivity index (χ3n) is 1.90. The number of ether oxygens (including phenoxy) is 1. The largest absolute Gasteiger partial charge is 0.383 e. The summed E-state index contributed by atoms with van der Waals surface area (Å²) < 4.78 is 5.69. The lowest BCUT2D eigenvalue weighted by Gasteiger charge is -2.16. The first-order chi connectivity index (χ1) is 5.77. The zero-order valence-corrected chi connectivity index (χ0v) is 7.28. The molecule has 0 radical (unpaired) electrons. The monoisotopic (exact) mass is 183 g/mol. The van der Waals surface area contributed by atoms with Crippen LogP contribution in [0.5, 0.6) is 0 Å². The molecule has 4 nitrogen and oxygen atoms in total. The number of aromatic nitrogens is 2. The van der Waals surface area contributed by atoms with Gasteiger partial charge in [0, 0.05) is 17.7 Å². The van der Waals surface area contributed by atoms with E-state index in [-0.39, 0.29) is 0 Å². The number of fused-ring (bicyclic) bond motifs is 1. The van der Waals surface area contributed by atoms with E-state index in [9.17, 15) is 0 Å². The number of hydrogen-bond acceptors (Lipinski definition) is 4. The predicted octanol–water partition coefficient (Wildman–Crippen LogP) is 0.794. The lowest BCUT2D eigenvalue weighted by molar-refractivity contribution is 0.109. The molecule has 0 fully saturated rings. The van der Waals surface area contributed by atoms with Crippen LogP contribution >= 0.6 is 12.2 Å². The van der Waals surface area contributed by atoms with E-state index in [1.165, 1.54) is 0 Å². The second kappa shape index (κ2) is 2.84. The van der Waals surface area contributed by atoms with Crippen LogP contribution in [0.1, 0.15) is 11.3 Å². The third kappa shape index (κ3) is 1.21. The topological polar surface area (TPSA) is 63.9 Å². The molecule has 0 aromatic carbocycles. The molecule has 0 bridgehead atoms. The number of hydrogen-bond donors (Lipinski definition) is 2. The minimum atomic E-state index is 0.452. The van der Waals surface area contributed by atoms with Crippen LogP contribution in [-0.4, -0.2) is 16.6 Å². The number of nitrogens with one attached hydrogen (secondary N) is 1. The number of anilines is 1. The molecule has 0 aliphatic carbocycles. The van der Waals surface area contributed by atoms with Crippen LogP contribution in [-0.2, 0) is 17.8 Å². The first-order valence-corrected chi connectivity index (χ1v) is 4.13. The van der Waals surface area contributed by atoms with Crippen LogP contribution in [0.2, 0.25) is 0 Å². The molecule has 0 unspecified atom stereocenters. The average Bonchev–Trinajstić information content (AvgIpc) is 2.04. The summed E-state index contributed by atoms with van der Waals surface area (Å²) in [4.78, 5) is 6.96. The zero-order chi connectivity index (χ0) is 8.55. The molecule has 1 aromatic heterocycles. The third-order valence-corrected chi connectivity index (χ3v) is 2.09. The van der Waals surface area contributed by atoms with Gasteiger partial charge in [-0.3, -0.25) is 0 Å². The predicted molar refractivity (Wildman–Crippen MR) is 47.2 cm³/mol. The van der Waals surface area contributed by atoms with E-state index in [4.69, 9.17) is 22.7 Å². The van der Waals surface area contributed by atoms with Gasteiger partial charge in [-0.1, -0.05) is 0 Å². The number of nitrogens with two attached hydrogens (primary N) is 1. The Morgan fingerprint density at radius 3 is 3.25 bits per heavy atom. The fourth-order valence-corrected chi connectivity index (χ4v) is 1.51. The van der Waals surface area contributed by atoms with Crippen LogP contribution in [0.15, 0.2) is 0 Å². The molecule has 2 rings (SSSR count). The normalized spacial score (nSPS) is 15.7. The van der Waals surface area contributed by atoms with E-state index in [1.807, 2.05) is 0 Å². The molecule has 12 heavy (non-hydrogen) atoms. The fraction of sp³-hybridized carbons (Fsp3) is 0.429. The minimum Gasteiger partial charge on any atom is -0.383 e. The summed E-state index contributed by atoms with van der Waals surface area (Å²) >= 11 is 4.90. The number of H-pyrrole nitrogens is 1. The number of aromatic amines is 1. The van der Waals surface area contributed by atoms with E-state index in [2.05, 4.69) is 9.97 Å². The van der Waals surface area contributed by atoms with E-state index in [0.29, 0.717) is 17.2 Å². The second-order valence-electron chi connectivity index (χ2n) is 2.69. The smallest absolute Gasteiger partial charge is 0.198 e. The van der Waals surface area contributed by atoms with Gasteiger partial charge in [-0.2, -0.15) is 0 Å². The molecule has 64 valence electrons. The highest BCUT2D eigenvalue weighted by Gasteiger charge is 2.13. The summed E-state index contributed by atoms with van der Waals surface area (Å²) in [6, 6.07) is 0. The van der Waals surface area contributed by atoms with Crippen LogP contribution in [0.4, 0.5) is 5.82 Å². The van der Waals surface area contributed by atoms with Crippen molar-refractivity contribution in [2.45, 2.75) is 13.0 Å². The van der Waals surface area contributed by atoms with Crippen molar-refractivity contribution in [2.75, 3.05) is 12.3 Å². The lowest BCUT2D eigenvalue weighted by Crippen LogP contribution is -2.15. The Labute approximate surface area is 74.8 Å². The molecule has 0 saturated heterocycles. The van der Waals surface area contributed by atoms with Gasteiger partial charge in [0.2, 0.25) is 0 Å². The molecule has 0 spiro atoms. The van der Waals surface area contributed by atoms with E-state index < -0.39 is 0 Å². The summed E-state index contributed by atoms with van der Waals surface area (Å²) in [7, 11) is 0. The standard InChI is InChI=1S/C7H9N3OS/c8-6-4-3-11-2-1-5(4)9-7(12)10-6/h1-3H2,(H3,8,9,10,12). The van der Waals surface area contributed by atoms with Crippen molar-refractivity contribution in [1.82, 2.24) is 9.97 Å². The first kappa shape index (κ1) is 7.70. The number of nitrogens with zero attached hydrogens (tertiary/aromatic N) is 1. The molecule has 1 aliphatic rings. The molecular weight excluding hydrogens is 174 g/mol. The van der Waals surface area contributed by atoms with Gasteiger partial charge in [-0.25, -0.2) is 4.98 Å². The maximum atomic E-state index is 5.66. The summed E-state index contributed by atoms with van der Waals surface area (Å²) in [5.41, 5.74) is 7.69. The number of nitrogen functional groups attached to an aromatic ring is 1. The Kier molecular flexibility index (Phi) is 1.82. The zero-order valence-electron chi connectivity index (χ0n) is 6.46. The summed E-state index contributed by atoms with van der Waals surface area (Å²) in [6.07, 6.45) is 0.839.